The number of nitrogens with one attached hydrogen (secondary N) is 2. The van der Waals surface area contributed by atoms with Crippen LogP contribution in [0.4, 0.5) is 16.2 Å². The van der Waals surface area contributed by atoms with Crippen molar-refractivity contribution in [3.63, 3.8) is 0 Å². The second-order valence-corrected chi connectivity index (χ2v) is 5.27. The standard InChI is InChI=1S/C16H16ClN3O2/c1-20(2)16(22)19-14-9-8-11(17)10-13(14)15(21)18-12-6-4-3-5-7-12/h3-10H,1-2H3,(H,18,21)(H,19,22). The molecule has 6 heteroatoms. The second kappa shape index (κ2) is 6.95. The molecule has 0 atom stereocenters. The molecule has 0 aromatic heterocycles. The molecule has 2 aromatic rings. The summed E-state index contributed by atoms with van der Waals surface area (Å²) in [5.74, 6) is -0.345. The first-order chi connectivity index (χ1) is 10.5. The van der Waals surface area contributed by atoms with Gasteiger partial charge in [0.05, 0.1) is 11.3 Å². The molecule has 0 unspecified atom stereocenters. The summed E-state index contributed by atoms with van der Waals surface area (Å²) in [4.78, 5) is 25.6. The van der Waals surface area contributed by atoms with E-state index in [0.29, 0.717) is 22.0 Å². The van der Waals surface area contributed by atoms with E-state index in [-0.39, 0.29) is 11.9 Å². The lowest BCUT2D eigenvalue weighted by molar-refractivity contribution is 0.102. The van der Waals surface area contributed by atoms with Gasteiger partial charge in [0.1, 0.15) is 0 Å². The third kappa shape index (κ3) is 3.99. The number of carbonyl (C=O) groups excluding carboxylic acids is 2. The van der Waals surface area contributed by atoms with E-state index >= 15 is 0 Å². The molecule has 0 aliphatic carbocycles. The van der Waals surface area contributed by atoms with Crippen molar-refractivity contribution in [2.45, 2.75) is 0 Å². The first-order valence-electron chi connectivity index (χ1n) is 6.61. The van der Waals surface area contributed by atoms with Gasteiger partial charge in [-0.15, -0.1) is 0 Å². The van der Waals surface area contributed by atoms with Gasteiger partial charge in [-0.3, -0.25) is 4.79 Å². The minimum Gasteiger partial charge on any atom is -0.331 e. The molecule has 2 aromatic carbocycles. The highest BCUT2D eigenvalue weighted by atomic mass is 35.5. The molecule has 5 nitrogen and oxygen atoms in total. The minimum absolute atomic E-state index is 0.298. The Bertz CT molecular complexity index is 687. The first-order valence-corrected chi connectivity index (χ1v) is 6.99. The molecule has 3 amide bonds. The molecular weight excluding hydrogens is 302 g/mol. The van der Waals surface area contributed by atoms with Crippen LogP contribution in [0.1, 0.15) is 10.4 Å². The van der Waals surface area contributed by atoms with Crippen LogP contribution in [0, 0.1) is 0 Å². The molecule has 0 radical (unpaired) electrons. The van der Waals surface area contributed by atoms with Gasteiger partial charge >= 0.3 is 6.03 Å². The van der Waals surface area contributed by atoms with Crippen molar-refractivity contribution in [2.75, 3.05) is 24.7 Å². The maximum Gasteiger partial charge on any atom is 0.321 e. The number of nitrogens with zero attached hydrogens (tertiary/aromatic N) is 1. The van der Waals surface area contributed by atoms with Crippen LogP contribution in [-0.2, 0) is 0 Å². The summed E-state index contributed by atoms with van der Waals surface area (Å²) in [5.41, 5.74) is 1.36. The van der Waals surface area contributed by atoms with Crippen molar-refractivity contribution in [3.8, 4) is 0 Å². The highest BCUT2D eigenvalue weighted by Crippen LogP contribution is 2.22. The predicted octanol–water partition coefficient (Wildman–Crippen LogP) is 3.69. The molecule has 0 heterocycles. The zero-order valence-corrected chi connectivity index (χ0v) is 13.0. The summed E-state index contributed by atoms with van der Waals surface area (Å²) in [5, 5.41) is 5.85. The van der Waals surface area contributed by atoms with Gasteiger partial charge in [-0.05, 0) is 30.3 Å². The molecular formula is C16H16ClN3O2. The molecule has 114 valence electrons. The predicted molar refractivity (Wildman–Crippen MR) is 88.6 cm³/mol. The fourth-order valence-corrected chi connectivity index (χ4v) is 1.93. The Labute approximate surface area is 133 Å². The largest absolute Gasteiger partial charge is 0.331 e. The highest BCUT2D eigenvalue weighted by molar-refractivity contribution is 6.31. The SMILES string of the molecule is CN(C)C(=O)Nc1ccc(Cl)cc1C(=O)Nc1ccccc1. The van der Waals surface area contributed by atoms with Crippen LogP contribution < -0.4 is 10.6 Å². The fourth-order valence-electron chi connectivity index (χ4n) is 1.76. The van der Waals surface area contributed by atoms with Crippen LogP contribution in [0.15, 0.2) is 48.5 Å². The van der Waals surface area contributed by atoms with Crippen molar-refractivity contribution < 1.29 is 9.59 Å². The molecule has 0 spiro atoms. The van der Waals surface area contributed by atoms with Crippen molar-refractivity contribution in [1.29, 1.82) is 0 Å². The fraction of sp³-hybridized carbons (Fsp3) is 0.125. The zero-order chi connectivity index (χ0) is 16.1. The van der Waals surface area contributed by atoms with Gasteiger partial charge in [-0.1, -0.05) is 29.8 Å². The summed E-state index contributed by atoms with van der Waals surface area (Å²) >= 11 is 5.96. The number of rotatable bonds is 3. The summed E-state index contributed by atoms with van der Waals surface area (Å²) in [6.45, 7) is 0. The summed E-state index contributed by atoms with van der Waals surface area (Å²) in [7, 11) is 3.24. The quantitative estimate of drug-likeness (QED) is 0.907. The van der Waals surface area contributed by atoms with E-state index in [1.807, 2.05) is 18.2 Å². The number of urea groups is 1. The van der Waals surface area contributed by atoms with Crippen LogP contribution in [0.25, 0.3) is 0 Å². The van der Waals surface area contributed by atoms with Crippen LogP contribution in [0.3, 0.4) is 0 Å². The Balaban J connectivity index is 2.26. The van der Waals surface area contributed by atoms with Crippen LogP contribution >= 0.6 is 11.6 Å². The number of para-hydroxylation sites is 1. The lowest BCUT2D eigenvalue weighted by Crippen LogP contribution is -2.28. The Morgan fingerprint density at radius 1 is 1.00 bits per heavy atom. The maximum absolute atomic E-state index is 12.4. The van der Waals surface area contributed by atoms with Gasteiger partial charge in [0.25, 0.3) is 5.91 Å². The second-order valence-electron chi connectivity index (χ2n) is 4.83. The molecule has 2 N–H and O–H groups in total. The molecule has 22 heavy (non-hydrogen) atoms. The molecule has 0 fully saturated rings. The number of hydrogen-bond acceptors (Lipinski definition) is 2. The average molecular weight is 318 g/mol. The third-order valence-corrected chi connectivity index (χ3v) is 3.14. The average Bonchev–Trinajstić information content (AvgIpc) is 2.49. The van der Waals surface area contributed by atoms with Crippen LogP contribution in [0.2, 0.25) is 5.02 Å². The number of carbonyl (C=O) groups is 2. The molecule has 0 saturated heterocycles. The van der Waals surface area contributed by atoms with Crippen molar-refractivity contribution in [2.24, 2.45) is 0 Å². The number of halogens is 1. The van der Waals surface area contributed by atoms with E-state index in [4.69, 9.17) is 11.6 Å². The smallest absolute Gasteiger partial charge is 0.321 e. The summed E-state index contributed by atoms with van der Waals surface area (Å²) in [6, 6.07) is 13.5. The Morgan fingerprint density at radius 3 is 2.32 bits per heavy atom. The minimum atomic E-state index is -0.345. The van der Waals surface area contributed by atoms with Gasteiger partial charge in [0.2, 0.25) is 0 Å². The molecule has 0 saturated carbocycles. The van der Waals surface area contributed by atoms with E-state index in [1.165, 1.54) is 11.0 Å². The summed E-state index contributed by atoms with van der Waals surface area (Å²) < 4.78 is 0. The van der Waals surface area contributed by atoms with Gasteiger partial charge < -0.3 is 15.5 Å². The van der Waals surface area contributed by atoms with Crippen LogP contribution in [0.5, 0.6) is 0 Å². The maximum atomic E-state index is 12.4. The molecule has 0 bridgehead atoms. The lowest BCUT2D eigenvalue weighted by atomic mass is 10.1. The van der Waals surface area contributed by atoms with E-state index in [0.717, 1.165) is 0 Å². The van der Waals surface area contributed by atoms with Gasteiger partial charge in [-0.2, -0.15) is 0 Å². The Kier molecular flexibility index (Phi) is 5.01. The van der Waals surface area contributed by atoms with Crippen molar-refractivity contribution in [1.82, 2.24) is 4.90 Å². The molecule has 0 aliphatic heterocycles. The van der Waals surface area contributed by atoms with Crippen LogP contribution in [-0.4, -0.2) is 30.9 Å². The third-order valence-electron chi connectivity index (χ3n) is 2.91. The molecule has 2 rings (SSSR count). The summed E-state index contributed by atoms with van der Waals surface area (Å²) in [6.07, 6.45) is 0. The van der Waals surface area contributed by atoms with Gasteiger partial charge in [0, 0.05) is 24.8 Å². The normalized spacial score (nSPS) is 9.95. The first kappa shape index (κ1) is 15.9. The zero-order valence-electron chi connectivity index (χ0n) is 12.3. The van der Waals surface area contributed by atoms with Crippen molar-refractivity contribution in [3.05, 3.63) is 59.1 Å². The van der Waals surface area contributed by atoms with Crippen molar-refractivity contribution >= 4 is 34.9 Å². The monoisotopic (exact) mass is 317 g/mol. The highest BCUT2D eigenvalue weighted by Gasteiger charge is 2.15. The number of hydrogen-bond donors (Lipinski definition) is 2. The van der Waals surface area contributed by atoms with Gasteiger partial charge in [0.15, 0.2) is 0 Å². The number of benzene rings is 2. The lowest BCUT2D eigenvalue weighted by Gasteiger charge is -2.15. The van der Waals surface area contributed by atoms with E-state index in [1.54, 1.807) is 38.4 Å². The Morgan fingerprint density at radius 2 is 1.68 bits per heavy atom. The van der Waals surface area contributed by atoms with Gasteiger partial charge in [-0.25, -0.2) is 4.79 Å². The number of amides is 3. The van der Waals surface area contributed by atoms with E-state index in [2.05, 4.69) is 10.6 Å². The number of anilines is 2. The topological polar surface area (TPSA) is 61.4 Å². The molecule has 0 aliphatic rings. The van der Waals surface area contributed by atoms with E-state index in [9.17, 15) is 9.59 Å². The Hall–Kier alpha value is -2.53. The van der Waals surface area contributed by atoms with E-state index < -0.39 is 0 Å².